The quantitative estimate of drug-likeness (QED) is 0.689. The Kier molecular flexibility index (Phi) is 3.91. The monoisotopic (exact) mass is 209 g/mol. The molecule has 0 aliphatic carbocycles. The van der Waals surface area contributed by atoms with Crippen molar-refractivity contribution in [2.24, 2.45) is 0 Å². The molecule has 0 aromatic carbocycles. The fraction of sp³-hybridized carbons (Fsp3) is 0.545. The van der Waals surface area contributed by atoms with E-state index in [1.807, 2.05) is 19.9 Å². The van der Waals surface area contributed by atoms with Crippen molar-refractivity contribution in [3.63, 3.8) is 0 Å². The average molecular weight is 209 g/mol. The summed E-state index contributed by atoms with van der Waals surface area (Å²) in [6, 6.07) is 1.82. The lowest BCUT2D eigenvalue weighted by Gasteiger charge is -2.32. The normalized spacial score (nSPS) is 11.4. The summed E-state index contributed by atoms with van der Waals surface area (Å²) in [5.41, 5.74) is 6.95. The number of nitrogens with two attached hydrogens (primary N) is 1. The van der Waals surface area contributed by atoms with Crippen molar-refractivity contribution >= 4 is 11.4 Å². The minimum Gasteiger partial charge on any atom is -0.396 e. The van der Waals surface area contributed by atoms with Gasteiger partial charge in [0.15, 0.2) is 0 Å². The topological polar surface area (TPSA) is 71.2 Å². The second kappa shape index (κ2) is 4.98. The molecule has 0 amide bonds. The van der Waals surface area contributed by atoms with Gasteiger partial charge in [-0.1, -0.05) is 13.8 Å². The van der Waals surface area contributed by atoms with E-state index in [2.05, 4.69) is 10.3 Å². The Hall–Kier alpha value is -1.29. The van der Waals surface area contributed by atoms with E-state index in [4.69, 9.17) is 5.73 Å². The van der Waals surface area contributed by atoms with E-state index >= 15 is 0 Å². The Bertz CT molecular complexity index is 302. The van der Waals surface area contributed by atoms with Crippen molar-refractivity contribution in [2.75, 3.05) is 17.7 Å². The molecule has 0 unspecified atom stereocenters. The van der Waals surface area contributed by atoms with Gasteiger partial charge in [0.1, 0.15) is 0 Å². The van der Waals surface area contributed by atoms with Crippen LogP contribution in [0.4, 0.5) is 11.4 Å². The molecule has 84 valence electrons. The Labute approximate surface area is 90.5 Å². The number of pyridine rings is 1. The maximum Gasteiger partial charge on any atom is 0.0736 e. The molecule has 0 aliphatic rings. The molecule has 1 heterocycles. The third kappa shape index (κ3) is 2.59. The molecular weight excluding hydrogens is 190 g/mol. The van der Waals surface area contributed by atoms with Crippen molar-refractivity contribution in [3.05, 3.63) is 18.5 Å². The molecule has 0 spiro atoms. The van der Waals surface area contributed by atoms with E-state index in [0.29, 0.717) is 5.69 Å². The number of hydrogen-bond acceptors (Lipinski definition) is 4. The van der Waals surface area contributed by atoms with Gasteiger partial charge < -0.3 is 16.2 Å². The highest BCUT2D eigenvalue weighted by Crippen LogP contribution is 2.25. The first-order valence-corrected chi connectivity index (χ1v) is 5.26. The van der Waals surface area contributed by atoms with Crippen LogP contribution in [0, 0.1) is 0 Å². The van der Waals surface area contributed by atoms with Gasteiger partial charge in [0.2, 0.25) is 0 Å². The molecule has 4 heteroatoms. The first-order valence-electron chi connectivity index (χ1n) is 5.26. The summed E-state index contributed by atoms with van der Waals surface area (Å²) in [7, 11) is 0. The minimum absolute atomic E-state index is 0.0990. The number of aliphatic hydroxyl groups is 1. The lowest BCUT2D eigenvalue weighted by atomic mass is 9.93. The number of aromatic nitrogens is 1. The van der Waals surface area contributed by atoms with Gasteiger partial charge in [0.05, 0.1) is 29.7 Å². The van der Waals surface area contributed by atoms with Crippen LogP contribution in [0.25, 0.3) is 0 Å². The van der Waals surface area contributed by atoms with Crippen LogP contribution in [-0.2, 0) is 0 Å². The molecule has 1 aromatic heterocycles. The number of anilines is 2. The largest absolute Gasteiger partial charge is 0.396 e. The van der Waals surface area contributed by atoms with Gasteiger partial charge in [0, 0.05) is 6.20 Å². The third-order valence-electron chi connectivity index (χ3n) is 2.91. The summed E-state index contributed by atoms with van der Waals surface area (Å²) in [6.07, 6.45) is 4.99. The molecule has 0 saturated heterocycles. The molecule has 0 aliphatic heterocycles. The number of hydrogen-bond donors (Lipinski definition) is 3. The van der Waals surface area contributed by atoms with Gasteiger partial charge in [-0.25, -0.2) is 0 Å². The summed E-state index contributed by atoms with van der Waals surface area (Å²) in [5, 5.41) is 12.7. The molecule has 0 saturated carbocycles. The van der Waals surface area contributed by atoms with E-state index in [1.165, 1.54) is 0 Å². The second-order valence-electron chi connectivity index (χ2n) is 3.73. The van der Waals surface area contributed by atoms with Crippen LogP contribution in [0.5, 0.6) is 0 Å². The van der Waals surface area contributed by atoms with E-state index in [9.17, 15) is 5.11 Å². The highest BCUT2D eigenvalue weighted by molar-refractivity contribution is 5.65. The summed E-state index contributed by atoms with van der Waals surface area (Å²) in [6.45, 7) is 4.19. The van der Waals surface area contributed by atoms with E-state index in [-0.39, 0.29) is 12.1 Å². The third-order valence-corrected chi connectivity index (χ3v) is 2.91. The van der Waals surface area contributed by atoms with Crippen LogP contribution in [0.2, 0.25) is 0 Å². The zero-order valence-corrected chi connectivity index (χ0v) is 9.33. The first-order chi connectivity index (χ1) is 7.17. The van der Waals surface area contributed by atoms with Crippen LogP contribution in [0.1, 0.15) is 26.7 Å². The standard InChI is InChI=1S/C11H19N3O/c1-3-11(4-2,8-15)14-10-5-6-13-7-9(10)12/h5-7,15H,3-4,8,12H2,1-2H3,(H,13,14). The lowest BCUT2D eigenvalue weighted by molar-refractivity contribution is 0.202. The van der Waals surface area contributed by atoms with Crippen LogP contribution in [0.15, 0.2) is 18.5 Å². The fourth-order valence-corrected chi connectivity index (χ4v) is 1.50. The number of nitrogens with one attached hydrogen (secondary N) is 1. The van der Waals surface area contributed by atoms with Crippen LogP contribution < -0.4 is 11.1 Å². The Morgan fingerprint density at radius 1 is 1.47 bits per heavy atom. The van der Waals surface area contributed by atoms with Crippen molar-refractivity contribution in [3.8, 4) is 0 Å². The molecule has 0 bridgehead atoms. The highest BCUT2D eigenvalue weighted by atomic mass is 16.3. The maximum atomic E-state index is 9.41. The van der Waals surface area contributed by atoms with Gasteiger partial charge in [-0.05, 0) is 18.9 Å². The summed E-state index contributed by atoms with van der Waals surface area (Å²) >= 11 is 0. The second-order valence-corrected chi connectivity index (χ2v) is 3.73. The van der Waals surface area contributed by atoms with Crippen molar-refractivity contribution in [1.82, 2.24) is 4.98 Å². The maximum absolute atomic E-state index is 9.41. The Morgan fingerprint density at radius 3 is 2.60 bits per heavy atom. The minimum atomic E-state index is -0.282. The van der Waals surface area contributed by atoms with Crippen molar-refractivity contribution < 1.29 is 5.11 Å². The zero-order chi connectivity index (χ0) is 11.3. The van der Waals surface area contributed by atoms with Gasteiger partial charge >= 0.3 is 0 Å². The molecule has 0 fully saturated rings. The molecule has 4 nitrogen and oxygen atoms in total. The van der Waals surface area contributed by atoms with Gasteiger partial charge in [-0.3, -0.25) is 4.98 Å². The van der Waals surface area contributed by atoms with Crippen LogP contribution >= 0.6 is 0 Å². The van der Waals surface area contributed by atoms with Gasteiger partial charge in [0.25, 0.3) is 0 Å². The number of rotatable bonds is 5. The molecule has 0 atom stereocenters. The van der Waals surface area contributed by atoms with Crippen molar-refractivity contribution in [2.45, 2.75) is 32.2 Å². The van der Waals surface area contributed by atoms with Gasteiger partial charge in [-0.15, -0.1) is 0 Å². The first kappa shape index (κ1) is 11.8. The zero-order valence-electron chi connectivity index (χ0n) is 9.33. The van der Waals surface area contributed by atoms with E-state index in [1.54, 1.807) is 12.4 Å². The molecule has 15 heavy (non-hydrogen) atoms. The van der Waals surface area contributed by atoms with Crippen LogP contribution in [-0.4, -0.2) is 22.2 Å². The molecule has 0 radical (unpaired) electrons. The molecule has 4 N–H and O–H groups in total. The predicted molar refractivity (Wildman–Crippen MR) is 62.7 cm³/mol. The highest BCUT2D eigenvalue weighted by Gasteiger charge is 2.25. The molecule has 1 rings (SSSR count). The Morgan fingerprint density at radius 2 is 2.13 bits per heavy atom. The Balaban J connectivity index is 2.88. The summed E-state index contributed by atoms with van der Waals surface area (Å²) in [5.74, 6) is 0. The van der Waals surface area contributed by atoms with Crippen LogP contribution in [0.3, 0.4) is 0 Å². The number of nitrogens with zero attached hydrogens (tertiary/aromatic N) is 1. The fourth-order valence-electron chi connectivity index (χ4n) is 1.50. The number of aliphatic hydroxyl groups excluding tert-OH is 1. The lowest BCUT2D eigenvalue weighted by Crippen LogP contribution is -2.41. The van der Waals surface area contributed by atoms with E-state index in [0.717, 1.165) is 18.5 Å². The smallest absolute Gasteiger partial charge is 0.0736 e. The van der Waals surface area contributed by atoms with Crippen molar-refractivity contribution in [1.29, 1.82) is 0 Å². The van der Waals surface area contributed by atoms with E-state index < -0.39 is 0 Å². The molecular formula is C11H19N3O. The SMILES string of the molecule is CCC(CC)(CO)Nc1ccncc1N. The molecule has 1 aromatic rings. The summed E-state index contributed by atoms with van der Waals surface area (Å²) in [4.78, 5) is 3.92. The predicted octanol–water partition coefficient (Wildman–Crippen LogP) is 1.63. The average Bonchev–Trinajstić information content (AvgIpc) is 2.29. The summed E-state index contributed by atoms with van der Waals surface area (Å²) < 4.78 is 0. The van der Waals surface area contributed by atoms with Gasteiger partial charge in [-0.2, -0.15) is 0 Å². The number of nitrogen functional groups attached to an aromatic ring is 1.